The van der Waals surface area contributed by atoms with Gasteiger partial charge in [-0.25, -0.2) is 4.79 Å². The Kier molecular flexibility index (Phi) is 4.51. The minimum absolute atomic E-state index is 0.0278. The highest BCUT2D eigenvalue weighted by molar-refractivity contribution is 5.96. The summed E-state index contributed by atoms with van der Waals surface area (Å²) in [7, 11) is 0. The van der Waals surface area contributed by atoms with E-state index >= 15 is 0 Å². The van der Waals surface area contributed by atoms with Crippen LogP contribution in [0.2, 0.25) is 0 Å². The van der Waals surface area contributed by atoms with Gasteiger partial charge in [0.1, 0.15) is 11.8 Å². The van der Waals surface area contributed by atoms with Gasteiger partial charge in [-0.15, -0.1) is 0 Å². The predicted octanol–water partition coefficient (Wildman–Crippen LogP) is 1.38. The quantitative estimate of drug-likeness (QED) is 0.722. The Hall–Kier alpha value is -2.04. The molecule has 5 heteroatoms. The van der Waals surface area contributed by atoms with E-state index in [0.29, 0.717) is 12.8 Å². The van der Waals surface area contributed by atoms with Crippen molar-refractivity contribution in [3.63, 3.8) is 0 Å². The molecule has 0 aliphatic rings. The number of carboxylic acids is 1. The Morgan fingerprint density at radius 3 is 2.65 bits per heavy atom. The Balaban J connectivity index is 2.73. The number of rotatable bonds is 5. The zero-order valence-corrected chi connectivity index (χ0v) is 9.51. The summed E-state index contributed by atoms with van der Waals surface area (Å²) in [4.78, 5) is 22.6. The lowest BCUT2D eigenvalue weighted by molar-refractivity contribution is -0.139. The van der Waals surface area contributed by atoms with Gasteiger partial charge in [0.25, 0.3) is 5.91 Å². The van der Waals surface area contributed by atoms with Crippen LogP contribution in [0.4, 0.5) is 0 Å². The van der Waals surface area contributed by atoms with E-state index in [2.05, 4.69) is 5.32 Å². The molecule has 1 rings (SSSR count). The van der Waals surface area contributed by atoms with Gasteiger partial charge in [-0.2, -0.15) is 0 Å². The summed E-state index contributed by atoms with van der Waals surface area (Å²) in [5, 5.41) is 20.5. The van der Waals surface area contributed by atoms with Gasteiger partial charge in [-0.3, -0.25) is 4.79 Å². The van der Waals surface area contributed by atoms with Gasteiger partial charge in [0, 0.05) is 5.56 Å². The van der Waals surface area contributed by atoms with Crippen LogP contribution >= 0.6 is 0 Å². The summed E-state index contributed by atoms with van der Waals surface area (Å²) in [6.45, 7) is 1.84. The lowest BCUT2D eigenvalue weighted by Crippen LogP contribution is -2.40. The van der Waals surface area contributed by atoms with E-state index in [1.165, 1.54) is 24.3 Å². The summed E-state index contributed by atoms with van der Waals surface area (Å²) in [5.41, 5.74) is 0.243. The van der Waals surface area contributed by atoms with Crippen LogP contribution in [0.25, 0.3) is 0 Å². The minimum atomic E-state index is -1.06. The molecule has 17 heavy (non-hydrogen) atoms. The number of phenols is 1. The third kappa shape index (κ3) is 3.79. The van der Waals surface area contributed by atoms with Gasteiger partial charge < -0.3 is 15.5 Å². The summed E-state index contributed by atoms with van der Waals surface area (Å²) >= 11 is 0. The van der Waals surface area contributed by atoms with E-state index in [4.69, 9.17) is 5.11 Å². The Bertz CT molecular complexity index is 417. The van der Waals surface area contributed by atoms with Crippen LogP contribution in [-0.4, -0.2) is 28.1 Å². The number of aromatic hydroxyl groups is 1. The molecule has 92 valence electrons. The maximum atomic E-state index is 11.7. The van der Waals surface area contributed by atoms with Crippen LogP contribution in [0, 0.1) is 0 Å². The topological polar surface area (TPSA) is 86.6 Å². The average molecular weight is 237 g/mol. The van der Waals surface area contributed by atoms with Gasteiger partial charge in [0.05, 0.1) is 0 Å². The van der Waals surface area contributed by atoms with Gasteiger partial charge in [-0.05, 0) is 24.6 Å². The molecule has 0 saturated heterocycles. The molecule has 0 fully saturated rings. The number of carbonyl (C=O) groups excluding carboxylic acids is 1. The van der Waals surface area contributed by atoms with Crippen LogP contribution in [-0.2, 0) is 4.79 Å². The third-order valence-corrected chi connectivity index (χ3v) is 2.29. The van der Waals surface area contributed by atoms with Crippen molar-refractivity contribution in [1.29, 1.82) is 0 Å². The maximum Gasteiger partial charge on any atom is 0.326 e. The summed E-state index contributed by atoms with van der Waals surface area (Å²) in [5.74, 6) is -1.58. The van der Waals surface area contributed by atoms with E-state index in [-0.39, 0.29) is 11.3 Å². The second-order valence-electron chi connectivity index (χ2n) is 3.70. The van der Waals surface area contributed by atoms with Crippen molar-refractivity contribution in [2.24, 2.45) is 0 Å². The van der Waals surface area contributed by atoms with Gasteiger partial charge in [-0.1, -0.05) is 19.4 Å². The Labute approximate surface area is 99.1 Å². The van der Waals surface area contributed by atoms with Crippen LogP contribution in [0.15, 0.2) is 24.3 Å². The highest BCUT2D eigenvalue weighted by Crippen LogP contribution is 2.11. The summed E-state index contributed by atoms with van der Waals surface area (Å²) in [6, 6.07) is 4.88. The maximum absolute atomic E-state index is 11.7. The van der Waals surface area contributed by atoms with Crippen molar-refractivity contribution in [3.05, 3.63) is 29.8 Å². The number of hydrogen-bond donors (Lipinski definition) is 3. The molecule has 0 bridgehead atoms. The zero-order valence-electron chi connectivity index (χ0n) is 9.51. The summed E-state index contributed by atoms with van der Waals surface area (Å²) in [6.07, 6.45) is 1.04. The van der Waals surface area contributed by atoms with Crippen molar-refractivity contribution in [1.82, 2.24) is 5.32 Å². The van der Waals surface area contributed by atoms with Crippen LogP contribution < -0.4 is 5.32 Å². The fourth-order valence-corrected chi connectivity index (χ4v) is 1.43. The first-order valence-corrected chi connectivity index (χ1v) is 5.37. The molecule has 3 N–H and O–H groups in total. The molecule has 0 spiro atoms. The smallest absolute Gasteiger partial charge is 0.326 e. The molecular weight excluding hydrogens is 222 g/mol. The second kappa shape index (κ2) is 5.89. The zero-order chi connectivity index (χ0) is 12.8. The molecule has 0 unspecified atom stereocenters. The van der Waals surface area contributed by atoms with Crippen molar-refractivity contribution in [2.45, 2.75) is 25.8 Å². The highest BCUT2D eigenvalue weighted by atomic mass is 16.4. The minimum Gasteiger partial charge on any atom is -0.508 e. The molecule has 0 saturated carbocycles. The first kappa shape index (κ1) is 13.0. The van der Waals surface area contributed by atoms with E-state index in [9.17, 15) is 14.7 Å². The molecule has 0 aliphatic carbocycles. The van der Waals surface area contributed by atoms with Gasteiger partial charge in [0.15, 0.2) is 0 Å². The Morgan fingerprint density at radius 1 is 1.41 bits per heavy atom. The first-order valence-electron chi connectivity index (χ1n) is 5.37. The van der Waals surface area contributed by atoms with E-state index in [1.807, 2.05) is 6.92 Å². The number of carboxylic acid groups (broad SMARTS) is 1. The number of phenolic OH excluding ortho intramolecular Hbond substituents is 1. The average Bonchev–Trinajstić information content (AvgIpc) is 2.28. The molecule has 5 nitrogen and oxygen atoms in total. The van der Waals surface area contributed by atoms with Crippen molar-refractivity contribution in [2.75, 3.05) is 0 Å². The molecule has 1 amide bonds. The molecule has 0 aliphatic heterocycles. The lowest BCUT2D eigenvalue weighted by atomic mass is 10.1. The molecule has 1 aromatic carbocycles. The SMILES string of the molecule is CCC[C@@H](NC(=O)c1cccc(O)c1)C(=O)O. The van der Waals surface area contributed by atoms with E-state index in [1.54, 1.807) is 0 Å². The number of aliphatic carboxylic acids is 1. The Morgan fingerprint density at radius 2 is 2.12 bits per heavy atom. The van der Waals surface area contributed by atoms with Crippen LogP contribution in [0.1, 0.15) is 30.1 Å². The highest BCUT2D eigenvalue weighted by Gasteiger charge is 2.19. The van der Waals surface area contributed by atoms with Crippen LogP contribution in [0.3, 0.4) is 0 Å². The third-order valence-electron chi connectivity index (χ3n) is 2.29. The molecular formula is C12H15NO4. The van der Waals surface area contributed by atoms with Crippen molar-refractivity contribution in [3.8, 4) is 5.75 Å². The number of amides is 1. The fraction of sp³-hybridized carbons (Fsp3) is 0.333. The van der Waals surface area contributed by atoms with Crippen molar-refractivity contribution >= 4 is 11.9 Å². The molecule has 0 radical (unpaired) electrons. The lowest BCUT2D eigenvalue weighted by Gasteiger charge is -2.13. The molecule has 1 atom stereocenters. The van der Waals surface area contributed by atoms with Gasteiger partial charge >= 0.3 is 5.97 Å². The van der Waals surface area contributed by atoms with E-state index in [0.717, 1.165) is 0 Å². The van der Waals surface area contributed by atoms with Crippen molar-refractivity contribution < 1.29 is 19.8 Å². The largest absolute Gasteiger partial charge is 0.508 e. The summed E-state index contributed by atoms with van der Waals surface area (Å²) < 4.78 is 0. The first-order chi connectivity index (χ1) is 8.04. The number of hydrogen-bond acceptors (Lipinski definition) is 3. The second-order valence-corrected chi connectivity index (χ2v) is 3.70. The number of benzene rings is 1. The van der Waals surface area contributed by atoms with Crippen LogP contribution in [0.5, 0.6) is 5.75 Å². The van der Waals surface area contributed by atoms with E-state index < -0.39 is 17.9 Å². The normalized spacial score (nSPS) is 11.8. The molecule has 0 aromatic heterocycles. The fourth-order valence-electron chi connectivity index (χ4n) is 1.43. The molecule has 0 heterocycles. The number of nitrogens with one attached hydrogen (secondary N) is 1. The van der Waals surface area contributed by atoms with Gasteiger partial charge in [0.2, 0.25) is 0 Å². The molecule has 1 aromatic rings. The standard InChI is InChI=1S/C12H15NO4/c1-2-4-10(12(16)17)13-11(15)8-5-3-6-9(14)7-8/h3,5-7,10,14H,2,4H2,1H3,(H,13,15)(H,16,17)/t10-/m1/s1. The predicted molar refractivity (Wildman–Crippen MR) is 61.9 cm³/mol. The number of carbonyl (C=O) groups is 2. The monoisotopic (exact) mass is 237 g/mol.